The third kappa shape index (κ3) is 9.99. The second-order valence-corrected chi connectivity index (χ2v) is 22.1. The molecule has 5 nitrogen and oxygen atoms in total. The van der Waals surface area contributed by atoms with Gasteiger partial charge in [-0.1, -0.05) is 161 Å². The van der Waals surface area contributed by atoms with Gasteiger partial charge in [-0.05, 0) is 108 Å². The molecule has 0 unspecified atom stereocenters. The molecule has 0 bridgehead atoms. The highest BCUT2D eigenvalue weighted by atomic mass is 16.4. The van der Waals surface area contributed by atoms with E-state index in [0.717, 1.165) is 50.1 Å². The predicted octanol–water partition coefficient (Wildman–Crippen LogP) is 12.1. The molecule has 0 fully saturated rings. The van der Waals surface area contributed by atoms with Gasteiger partial charge in [-0.2, -0.15) is 0 Å². The summed E-state index contributed by atoms with van der Waals surface area (Å²) >= 11 is 0. The molecule has 5 heteroatoms. The fraction of sp³-hybridized carbons (Fsp3) is 0.604. The van der Waals surface area contributed by atoms with Gasteiger partial charge >= 0.3 is 5.97 Å². The van der Waals surface area contributed by atoms with E-state index in [2.05, 4.69) is 137 Å². The van der Waals surface area contributed by atoms with Crippen molar-refractivity contribution >= 4 is 5.97 Å². The molecule has 0 heterocycles. The monoisotopic (exact) mass is 729 g/mol. The Labute approximate surface area is 322 Å². The molecule has 4 N–H and O–H groups in total. The summed E-state index contributed by atoms with van der Waals surface area (Å²) < 4.78 is 0. The van der Waals surface area contributed by atoms with Crippen LogP contribution in [0.5, 0.6) is 17.2 Å². The number of hydrogen-bond donors (Lipinski definition) is 4. The summed E-state index contributed by atoms with van der Waals surface area (Å²) in [5.74, 6) is -0.0354. The van der Waals surface area contributed by atoms with Gasteiger partial charge in [0.2, 0.25) is 0 Å². The largest absolute Gasteiger partial charge is 0.507 e. The second-order valence-electron chi connectivity index (χ2n) is 22.1. The smallest absolute Gasteiger partial charge is 0.310 e. The average molecular weight is 729 g/mol. The van der Waals surface area contributed by atoms with Crippen molar-refractivity contribution in [3.63, 3.8) is 0 Å². The van der Waals surface area contributed by atoms with Crippen LogP contribution >= 0.6 is 0 Å². The molecule has 0 saturated heterocycles. The third-order valence-electron chi connectivity index (χ3n) is 10.8. The molecule has 0 aromatic heterocycles. The number of aromatic hydroxyl groups is 3. The van der Waals surface area contributed by atoms with Gasteiger partial charge in [-0.3, -0.25) is 4.79 Å². The van der Waals surface area contributed by atoms with Crippen molar-refractivity contribution in [2.24, 2.45) is 5.41 Å². The van der Waals surface area contributed by atoms with Crippen molar-refractivity contribution in [1.29, 1.82) is 0 Å². The quantitative estimate of drug-likeness (QED) is 0.185. The van der Waals surface area contributed by atoms with Crippen molar-refractivity contribution in [3.05, 3.63) is 86.5 Å². The van der Waals surface area contributed by atoms with Gasteiger partial charge in [0, 0.05) is 0 Å². The summed E-state index contributed by atoms with van der Waals surface area (Å²) in [6.07, 6.45) is 1.34. The van der Waals surface area contributed by atoms with E-state index < -0.39 is 11.4 Å². The molecule has 0 saturated carbocycles. The second kappa shape index (κ2) is 14.3. The van der Waals surface area contributed by atoms with E-state index in [4.69, 9.17) is 0 Å². The number of carbonyl (C=O) groups is 1. The lowest BCUT2D eigenvalue weighted by Crippen LogP contribution is -2.37. The first-order chi connectivity index (χ1) is 23.6. The van der Waals surface area contributed by atoms with E-state index in [1.54, 1.807) is 0 Å². The minimum Gasteiger partial charge on any atom is -0.507 e. The Morgan fingerprint density at radius 3 is 0.811 bits per heavy atom. The minimum atomic E-state index is -1.25. The molecule has 0 atom stereocenters. The van der Waals surface area contributed by atoms with Crippen molar-refractivity contribution in [1.82, 2.24) is 0 Å². The van der Waals surface area contributed by atoms with Gasteiger partial charge in [0.25, 0.3) is 0 Å². The Kier molecular flexibility index (Phi) is 11.9. The highest BCUT2D eigenvalue weighted by Gasteiger charge is 2.41. The number of carboxylic acids is 1. The van der Waals surface area contributed by atoms with Gasteiger partial charge in [-0.15, -0.1) is 0 Å². The molecule has 53 heavy (non-hydrogen) atoms. The SMILES string of the molecule is CC(C)(C)c1cc(CCC(Cc2cc(C(C)(C)C)c(O)c(C(C)(C)C)c2)(Cc2cc(C(C)(C)C)c(O)c(C(C)(C)C)c2)C(=O)O)cc(C(C)(C)C)c1O. The molecule has 3 aromatic carbocycles. The number of benzene rings is 3. The maximum Gasteiger partial charge on any atom is 0.310 e. The van der Waals surface area contributed by atoms with Gasteiger partial charge < -0.3 is 20.4 Å². The molecule has 0 aliphatic rings. The Hall–Kier alpha value is -3.47. The zero-order valence-corrected chi connectivity index (χ0v) is 36.5. The number of phenols is 3. The summed E-state index contributed by atoms with van der Waals surface area (Å²) in [7, 11) is 0. The van der Waals surface area contributed by atoms with E-state index >= 15 is 0 Å². The molecule has 0 spiro atoms. The molecule has 3 aromatic rings. The van der Waals surface area contributed by atoms with Crippen molar-refractivity contribution in [3.8, 4) is 17.2 Å². The highest BCUT2D eigenvalue weighted by Crippen LogP contribution is 2.46. The van der Waals surface area contributed by atoms with Gasteiger partial charge in [0.1, 0.15) is 17.2 Å². The van der Waals surface area contributed by atoms with Crippen LogP contribution < -0.4 is 0 Å². The zero-order valence-electron chi connectivity index (χ0n) is 36.5. The van der Waals surface area contributed by atoms with Crippen LogP contribution in [-0.2, 0) is 56.5 Å². The number of rotatable bonds is 8. The molecule has 0 radical (unpaired) electrons. The van der Waals surface area contributed by atoms with Gasteiger partial charge in [-0.25, -0.2) is 0 Å². The van der Waals surface area contributed by atoms with E-state index in [1.807, 2.05) is 24.3 Å². The normalized spacial score (nSPS) is 13.8. The summed E-state index contributed by atoms with van der Waals surface area (Å²) in [4.78, 5) is 14.1. The molecule has 3 rings (SSSR count). The topological polar surface area (TPSA) is 98.0 Å². The first-order valence-corrected chi connectivity index (χ1v) is 19.4. The molecule has 0 amide bonds. The van der Waals surface area contributed by atoms with E-state index in [1.165, 1.54) is 0 Å². The van der Waals surface area contributed by atoms with E-state index in [-0.39, 0.29) is 56.8 Å². The fourth-order valence-electron chi connectivity index (χ4n) is 7.52. The lowest BCUT2D eigenvalue weighted by atomic mass is 9.69. The fourth-order valence-corrected chi connectivity index (χ4v) is 7.52. The van der Waals surface area contributed by atoms with Gasteiger partial charge in [0.05, 0.1) is 5.41 Å². The van der Waals surface area contributed by atoms with Crippen LogP contribution in [0.1, 0.15) is 181 Å². The highest BCUT2D eigenvalue weighted by molar-refractivity contribution is 5.76. The number of aryl methyl sites for hydroxylation is 1. The van der Waals surface area contributed by atoms with Crippen molar-refractivity contribution < 1.29 is 25.2 Å². The van der Waals surface area contributed by atoms with Crippen LogP contribution in [0, 0.1) is 5.41 Å². The number of phenolic OH excluding ortho intramolecular Hbond substituents is 3. The lowest BCUT2D eigenvalue weighted by molar-refractivity contribution is -0.149. The lowest BCUT2D eigenvalue weighted by Gasteiger charge is -2.34. The first-order valence-electron chi connectivity index (χ1n) is 19.4. The number of hydrogen-bond acceptors (Lipinski definition) is 4. The molecular formula is C48H72O5. The Morgan fingerprint density at radius 2 is 0.623 bits per heavy atom. The summed E-state index contributed by atoms with van der Waals surface area (Å²) in [6.45, 7) is 37.5. The molecule has 294 valence electrons. The van der Waals surface area contributed by atoms with Crippen LogP contribution in [0.25, 0.3) is 0 Å². The maximum absolute atomic E-state index is 14.1. The molecule has 0 aliphatic carbocycles. The van der Waals surface area contributed by atoms with Crippen LogP contribution in [0.2, 0.25) is 0 Å². The first kappa shape index (κ1) is 43.9. The van der Waals surface area contributed by atoms with Crippen LogP contribution in [0.3, 0.4) is 0 Å². The Morgan fingerprint density at radius 1 is 0.415 bits per heavy atom. The Bertz CT molecular complexity index is 1630. The van der Waals surface area contributed by atoms with Gasteiger partial charge in [0.15, 0.2) is 0 Å². The van der Waals surface area contributed by atoms with E-state index in [0.29, 0.717) is 18.6 Å². The summed E-state index contributed by atoms with van der Waals surface area (Å²) in [5.41, 5.74) is 4.31. The summed E-state index contributed by atoms with van der Waals surface area (Å²) in [5, 5.41) is 46.1. The van der Waals surface area contributed by atoms with Crippen LogP contribution in [0.4, 0.5) is 0 Å². The predicted molar refractivity (Wildman–Crippen MR) is 222 cm³/mol. The van der Waals surface area contributed by atoms with Crippen LogP contribution in [-0.4, -0.2) is 26.4 Å². The summed E-state index contributed by atoms with van der Waals surface area (Å²) in [6, 6.07) is 12.2. The number of carboxylic acid groups (broad SMARTS) is 1. The maximum atomic E-state index is 14.1. The molecule has 0 aliphatic heterocycles. The minimum absolute atomic E-state index is 0.252. The third-order valence-corrected chi connectivity index (χ3v) is 10.8. The average Bonchev–Trinajstić information content (AvgIpc) is 2.94. The van der Waals surface area contributed by atoms with Crippen LogP contribution in [0.15, 0.2) is 36.4 Å². The number of aliphatic carboxylic acids is 1. The Balaban J connectivity index is 2.40. The zero-order chi connectivity index (χ0) is 41.1. The van der Waals surface area contributed by atoms with Crippen molar-refractivity contribution in [2.75, 3.05) is 0 Å². The molecular weight excluding hydrogens is 657 g/mol. The van der Waals surface area contributed by atoms with Crippen molar-refractivity contribution in [2.45, 2.75) is 183 Å². The van der Waals surface area contributed by atoms with E-state index in [9.17, 15) is 25.2 Å². The standard InChI is InChI=1S/C48H72O5/c1-42(2,3)32-21-29(22-33(38(32)49)43(4,5)6)19-20-48(41(52)53,27-30-23-34(44(7,8)9)39(50)35(24-30)45(10,11)12)28-31-25-36(46(13,14)15)40(51)37(26-31)47(16,17)18/h21-26,49-51H,19-20,27-28H2,1-18H3,(H,52,53).